The number of carbonyl (C=O) groups excluding carboxylic acids is 1. The van der Waals surface area contributed by atoms with Gasteiger partial charge < -0.3 is 10.0 Å². The molecule has 0 spiro atoms. The average Bonchev–Trinajstić information content (AvgIpc) is 3.07. The van der Waals surface area contributed by atoms with Gasteiger partial charge in [-0.2, -0.15) is 5.10 Å². The summed E-state index contributed by atoms with van der Waals surface area (Å²) in [7, 11) is 1.51. The zero-order valence-corrected chi connectivity index (χ0v) is 12.9. The van der Waals surface area contributed by atoms with E-state index in [0.29, 0.717) is 5.56 Å². The number of aliphatic hydroxyl groups is 1. The van der Waals surface area contributed by atoms with Crippen LogP contribution in [0.4, 0.5) is 8.78 Å². The molecule has 1 aliphatic rings. The maximum Gasteiger partial charge on any atom is 0.345 e. The fourth-order valence-electron chi connectivity index (χ4n) is 2.87. The summed E-state index contributed by atoms with van der Waals surface area (Å²) in [5.41, 5.74) is -0.0420. The van der Waals surface area contributed by atoms with Gasteiger partial charge in [-0.3, -0.25) is 9.36 Å². The SMILES string of the molecule is Cn1cnn(CC(=O)N2C[C@@H](O)C[C@H]2c2ccc(F)c(F)c2)c1=O. The Bertz CT molecular complexity index is 832. The van der Waals surface area contributed by atoms with Crippen LogP contribution in [0.3, 0.4) is 0 Å². The number of carbonyl (C=O) groups is 1. The minimum absolute atomic E-state index is 0.0596. The second-order valence-electron chi connectivity index (χ2n) is 5.81. The van der Waals surface area contributed by atoms with Gasteiger partial charge in [0.25, 0.3) is 0 Å². The van der Waals surface area contributed by atoms with E-state index >= 15 is 0 Å². The van der Waals surface area contributed by atoms with Crippen molar-refractivity contribution in [3.63, 3.8) is 0 Å². The molecular weight excluding hydrogens is 322 g/mol. The van der Waals surface area contributed by atoms with Crippen LogP contribution in [0.1, 0.15) is 18.0 Å². The van der Waals surface area contributed by atoms with Crippen molar-refractivity contribution in [3.05, 3.63) is 52.2 Å². The van der Waals surface area contributed by atoms with Crippen LogP contribution in [0.2, 0.25) is 0 Å². The van der Waals surface area contributed by atoms with E-state index in [2.05, 4.69) is 5.10 Å². The van der Waals surface area contributed by atoms with E-state index < -0.39 is 35.4 Å². The molecule has 2 atom stereocenters. The number of nitrogens with zero attached hydrogens (tertiary/aromatic N) is 4. The first kappa shape index (κ1) is 16.3. The van der Waals surface area contributed by atoms with Gasteiger partial charge in [0.2, 0.25) is 5.91 Å². The first-order valence-corrected chi connectivity index (χ1v) is 7.37. The lowest BCUT2D eigenvalue weighted by Crippen LogP contribution is -2.37. The molecule has 1 saturated heterocycles. The fourth-order valence-corrected chi connectivity index (χ4v) is 2.87. The van der Waals surface area contributed by atoms with Crippen LogP contribution in [-0.2, 0) is 18.4 Å². The van der Waals surface area contributed by atoms with Gasteiger partial charge in [0.1, 0.15) is 12.9 Å². The molecule has 0 unspecified atom stereocenters. The summed E-state index contributed by atoms with van der Waals surface area (Å²) in [6, 6.07) is 2.81. The Morgan fingerprint density at radius 3 is 2.75 bits per heavy atom. The maximum absolute atomic E-state index is 13.5. The van der Waals surface area contributed by atoms with Crippen molar-refractivity contribution in [3.8, 4) is 0 Å². The predicted octanol–water partition coefficient (Wildman–Crippen LogP) is 0.194. The van der Waals surface area contributed by atoms with Crippen molar-refractivity contribution in [2.24, 2.45) is 7.05 Å². The van der Waals surface area contributed by atoms with E-state index in [-0.39, 0.29) is 19.5 Å². The number of amides is 1. The predicted molar refractivity (Wildman–Crippen MR) is 78.9 cm³/mol. The van der Waals surface area contributed by atoms with Crippen LogP contribution >= 0.6 is 0 Å². The fraction of sp³-hybridized carbons (Fsp3) is 0.400. The standard InChI is InChI=1S/C15H16F2N4O3/c1-19-8-18-21(15(19)24)7-14(23)20-6-10(22)5-13(20)9-2-3-11(16)12(17)4-9/h2-4,8,10,13,22H,5-7H2,1H3/t10-,13-/m0/s1. The summed E-state index contributed by atoms with van der Waals surface area (Å²) in [6.45, 7) is -0.226. The summed E-state index contributed by atoms with van der Waals surface area (Å²) in [4.78, 5) is 25.6. The van der Waals surface area contributed by atoms with Crippen LogP contribution in [0, 0.1) is 11.6 Å². The normalized spacial score (nSPS) is 20.6. The Morgan fingerprint density at radius 1 is 1.38 bits per heavy atom. The smallest absolute Gasteiger partial charge is 0.345 e. The number of halogens is 2. The Balaban J connectivity index is 1.84. The van der Waals surface area contributed by atoms with E-state index in [1.807, 2.05) is 0 Å². The Morgan fingerprint density at radius 2 is 2.12 bits per heavy atom. The molecule has 1 N–H and O–H groups in total. The topological polar surface area (TPSA) is 80.4 Å². The second-order valence-corrected chi connectivity index (χ2v) is 5.81. The Labute approximate surface area is 135 Å². The van der Waals surface area contributed by atoms with E-state index in [1.54, 1.807) is 0 Å². The molecule has 0 saturated carbocycles. The van der Waals surface area contributed by atoms with Gasteiger partial charge in [0, 0.05) is 13.6 Å². The van der Waals surface area contributed by atoms with Crippen LogP contribution in [0.25, 0.3) is 0 Å². The van der Waals surface area contributed by atoms with Gasteiger partial charge >= 0.3 is 5.69 Å². The molecule has 1 amide bonds. The number of aryl methyl sites for hydroxylation is 1. The van der Waals surface area contributed by atoms with E-state index in [1.165, 1.54) is 28.9 Å². The molecule has 128 valence electrons. The molecule has 1 fully saturated rings. The van der Waals surface area contributed by atoms with Gasteiger partial charge in [-0.05, 0) is 24.1 Å². The van der Waals surface area contributed by atoms with Crippen LogP contribution in [-0.4, -0.2) is 42.9 Å². The highest BCUT2D eigenvalue weighted by atomic mass is 19.2. The molecule has 24 heavy (non-hydrogen) atoms. The molecule has 2 heterocycles. The molecule has 7 nitrogen and oxygen atoms in total. The van der Waals surface area contributed by atoms with Gasteiger partial charge in [-0.25, -0.2) is 18.3 Å². The van der Waals surface area contributed by atoms with Gasteiger partial charge in [0.15, 0.2) is 11.6 Å². The van der Waals surface area contributed by atoms with Crippen molar-refractivity contribution in [2.75, 3.05) is 6.54 Å². The van der Waals surface area contributed by atoms with Crippen molar-refractivity contribution < 1.29 is 18.7 Å². The second kappa shape index (κ2) is 6.16. The number of hydrogen-bond donors (Lipinski definition) is 1. The molecule has 0 bridgehead atoms. The third-order valence-electron chi connectivity index (χ3n) is 4.10. The Hall–Kier alpha value is -2.55. The first-order chi connectivity index (χ1) is 11.4. The third-order valence-corrected chi connectivity index (χ3v) is 4.10. The highest BCUT2D eigenvalue weighted by Gasteiger charge is 2.35. The quantitative estimate of drug-likeness (QED) is 0.867. The van der Waals surface area contributed by atoms with Crippen molar-refractivity contribution in [1.29, 1.82) is 0 Å². The monoisotopic (exact) mass is 338 g/mol. The molecule has 3 rings (SSSR count). The van der Waals surface area contributed by atoms with E-state index in [4.69, 9.17) is 0 Å². The first-order valence-electron chi connectivity index (χ1n) is 7.37. The number of benzene rings is 1. The largest absolute Gasteiger partial charge is 0.391 e. The minimum Gasteiger partial charge on any atom is -0.391 e. The summed E-state index contributed by atoms with van der Waals surface area (Å²) < 4.78 is 28.8. The van der Waals surface area contributed by atoms with Crippen LogP contribution in [0.5, 0.6) is 0 Å². The van der Waals surface area contributed by atoms with Gasteiger partial charge in [0.05, 0.1) is 12.1 Å². The summed E-state index contributed by atoms with van der Waals surface area (Å²) in [5, 5.41) is 13.7. The highest BCUT2D eigenvalue weighted by Crippen LogP contribution is 2.33. The number of β-amino-alcohol motifs (C(OH)–C–C–N with tert-alkyl or cyclic N) is 1. The lowest BCUT2D eigenvalue weighted by Gasteiger charge is -2.24. The lowest BCUT2D eigenvalue weighted by molar-refractivity contribution is -0.133. The molecule has 0 radical (unpaired) electrons. The summed E-state index contributed by atoms with van der Waals surface area (Å²) in [6.07, 6.45) is 0.738. The van der Waals surface area contributed by atoms with Crippen LogP contribution in [0.15, 0.2) is 29.3 Å². The number of aromatic nitrogens is 3. The van der Waals surface area contributed by atoms with E-state index in [0.717, 1.165) is 16.8 Å². The molecule has 2 aromatic rings. The highest BCUT2D eigenvalue weighted by molar-refractivity contribution is 5.77. The number of aliphatic hydroxyl groups excluding tert-OH is 1. The number of likely N-dealkylation sites (tertiary alicyclic amines) is 1. The van der Waals surface area contributed by atoms with Gasteiger partial charge in [-0.15, -0.1) is 0 Å². The number of hydrogen-bond acceptors (Lipinski definition) is 4. The van der Waals surface area contributed by atoms with Crippen molar-refractivity contribution in [1.82, 2.24) is 19.2 Å². The average molecular weight is 338 g/mol. The summed E-state index contributed by atoms with van der Waals surface area (Å²) in [5.74, 6) is -2.42. The molecule has 1 aromatic carbocycles. The van der Waals surface area contributed by atoms with Crippen molar-refractivity contribution >= 4 is 5.91 Å². The zero-order chi connectivity index (χ0) is 17.4. The zero-order valence-electron chi connectivity index (χ0n) is 12.9. The van der Waals surface area contributed by atoms with Gasteiger partial charge in [-0.1, -0.05) is 6.07 Å². The Kier molecular flexibility index (Phi) is 4.18. The lowest BCUT2D eigenvalue weighted by atomic mass is 10.0. The molecular formula is C15H16F2N4O3. The molecule has 1 aromatic heterocycles. The van der Waals surface area contributed by atoms with Crippen LogP contribution < -0.4 is 5.69 Å². The molecule has 9 heteroatoms. The minimum atomic E-state index is -1.01. The van der Waals surface area contributed by atoms with E-state index in [9.17, 15) is 23.5 Å². The van der Waals surface area contributed by atoms with Crippen molar-refractivity contribution in [2.45, 2.75) is 25.1 Å². The third kappa shape index (κ3) is 2.94. The molecule has 1 aliphatic heterocycles. The maximum atomic E-state index is 13.5. The molecule has 0 aliphatic carbocycles. The number of rotatable bonds is 3. The summed E-state index contributed by atoms with van der Waals surface area (Å²) >= 11 is 0.